The molecule has 1 atom stereocenters. The van der Waals surface area contributed by atoms with Crippen molar-refractivity contribution in [2.24, 2.45) is 0 Å². The van der Waals surface area contributed by atoms with Gasteiger partial charge in [-0.3, -0.25) is 0 Å². The summed E-state index contributed by atoms with van der Waals surface area (Å²) in [4.78, 5) is 30.8. The van der Waals surface area contributed by atoms with E-state index in [1.807, 2.05) is 34.6 Å². The highest BCUT2D eigenvalue weighted by atomic mass is 16.7. The standard InChI is InChI=1S/C15H30N2O4.C4H4O4/c1-6-19-15(20-7-2)8-9-16-12(10-15)11-17-13(18)21-14(3,4)5;5-3(6)1-2-4(7)8/h12,16H,6-11H2,1-5H3,(H,17,18);1-2H,(H,5,6)(H,7,8)/t12-;/m0./s1. The van der Waals surface area contributed by atoms with E-state index in [9.17, 15) is 14.4 Å². The maximum Gasteiger partial charge on any atom is 0.407 e. The maximum atomic E-state index is 11.7. The summed E-state index contributed by atoms with van der Waals surface area (Å²) in [6.07, 6.45) is 2.25. The van der Waals surface area contributed by atoms with Crippen molar-refractivity contribution < 1.29 is 38.8 Å². The number of amides is 1. The van der Waals surface area contributed by atoms with E-state index in [0.29, 0.717) is 38.3 Å². The zero-order valence-electron chi connectivity index (χ0n) is 17.8. The lowest BCUT2D eigenvalue weighted by molar-refractivity contribution is -0.249. The molecule has 1 amide bonds. The van der Waals surface area contributed by atoms with Crippen LogP contribution in [-0.2, 0) is 23.8 Å². The number of nitrogens with one attached hydrogen (secondary N) is 2. The molecule has 168 valence electrons. The molecule has 1 saturated heterocycles. The van der Waals surface area contributed by atoms with E-state index >= 15 is 0 Å². The highest BCUT2D eigenvalue weighted by Crippen LogP contribution is 2.27. The number of hydrogen-bond acceptors (Lipinski definition) is 7. The van der Waals surface area contributed by atoms with Gasteiger partial charge in [0.05, 0.1) is 0 Å². The first-order valence-corrected chi connectivity index (χ1v) is 9.55. The van der Waals surface area contributed by atoms with Gasteiger partial charge in [0.25, 0.3) is 0 Å². The molecule has 1 aliphatic rings. The van der Waals surface area contributed by atoms with E-state index < -0.39 is 29.4 Å². The first kappa shape index (κ1) is 26.8. The van der Waals surface area contributed by atoms with Crippen molar-refractivity contribution in [1.29, 1.82) is 0 Å². The van der Waals surface area contributed by atoms with Crippen molar-refractivity contribution in [1.82, 2.24) is 10.6 Å². The summed E-state index contributed by atoms with van der Waals surface area (Å²) in [6.45, 7) is 12.0. The van der Waals surface area contributed by atoms with Crippen LogP contribution in [0.5, 0.6) is 0 Å². The number of carboxylic acid groups (broad SMARTS) is 2. The topological polar surface area (TPSA) is 143 Å². The van der Waals surface area contributed by atoms with Crippen LogP contribution in [0.2, 0.25) is 0 Å². The largest absolute Gasteiger partial charge is 0.478 e. The normalized spacial score (nSPS) is 18.4. The number of hydrogen-bond donors (Lipinski definition) is 4. The van der Waals surface area contributed by atoms with Crippen LogP contribution in [0.3, 0.4) is 0 Å². The van der Waals surface area contributed by atoms with E-state index in [4.69, 9.17) is 24.4 Å². The van der Waals surface area contributed by atoms with Crippen LogP contribution in [0.4, 0.5) is 4.79 Å². The molecule has 0 unspecified atom stereocenters. The Hall–Kier alpha value is -2.17. The third kappa shape index (κ3) is 13.6. The van der Waals surface area contributed by atoms with Crippen molar-refractivity contribution in [2.45, 2.75) is 64.9 Å². The summed E-state index contributed by atoms with van der Waals surface area (Å²) in [5.74, 6) is -3.05. The third-order valence-electron chi connectivity index (χ3n) is 3.57. The molecule has 0 bridgehead atoms. The first-order valence-electron chi connectivity index (χ1n) is 9.55. The van der Waals surface area contributed by atoms with Crippen LogP contribution < -0.4 is 10.6 Å². The first-order chi connectivity index (χ1) is 13.4. The summed E-state index contributed by atoms with van der Waals surface area (Å²) in [7, 11) is 0. The number of carbonyl (C=O) groups excluding carboxylic acids is 1. The average molecular weight is 418 g/mol. The number of carboxylic acids is 2. The molecule has 1 aliphatic heterocycles. The molecule has 1 rings (SSSR count). The number of aliphatic carboxylic acids is 2. The summed E-state index contributed by atoms with van der Waals surface area (Å²) < 4.78 is 16.9. The highest BCUT2D eigenvalue weighted by molar-refractivity contribution is 5.89. The Labute approximate surface area is 171 Å². The molecular weight excluding hydrogens is 384 g/mol. The Morgan fingerprint density at radius 1 is 1.10 bits per heavy atom. The van der Waals surface area contributed by atoms with E-state index in [-0.39, 0.29) is 6.04 Å². The Kier molecular flexibility index (Phi) is 12.1. The summed E-state index contributed by atoms with van der Waals surface area (Å²) in [5.41, 5.74) is -0.482. The monoisotopic (exact) mass is 418 g/mol. The second-order valence-electron chi connectivity index (χ2n) is 7.27. The van der Waals surface area contributed by atoms with Gasteiger partial charge in [0.15, 0.2) is 5.79 Å². The number of rotatable bonds is 8. The van der Waals surface area contributed by atoms with Crippen LogP contribution in [0.25, 0.3) is 0 Å². The summed E-state index contributed by atoms with van der Waals surface area (Å²) in [5, 5.41) is 21.8. The Bertz CT molecular complexity index is 529. The summed E-state index contributed by atoms with van der Waals surface area (Å²) in [6, 6.07) is 0.115. The van der Waals surface area contributed by atoms with Gasteiger partial charge in [0.2, 0.25) is 0 Å². The number of alkyl carbamates (subject to hydrolysis) is 1. The van der Waals surface area contributed by atoms with E-state index in [1.165, 1.54) is 0 Å². The zero-order chi connectivity index (χ0) is 22.5. The lowest BCUT2D eigenvalue weighted by Gasteiger charge is -2.40. The second kappa shape index (κ2) is 13.1. The van der Waals surface area contributed by atoms with Crippen molar-refractivity contribution >= 4 is 18.0 Å². The molecule has 0 saturated carbocycles. The molecule has 10 heteroatoms. The van der Waals surface area contributed by atoms with Crippen molar-refractivity contribution in [3.8, 4) is 0 Å². The quantitative estimate of drug-likeness (QED) is 0.342. The van der Waals surface area contributed by atoms with E-state index in [0.717, 1.165) is 13.0 Å². The van der Waals surface area contributed by atoms with Gasteiger partial charge in [0, 0.05) is 57.3 Å². The fraction of sp³-hybridized carbons (Fsp3) is 0.737. The minimum absolute atomic E-state index is 0.115. The molecule has 29 heavy (non-hydrogen) atoms. The van der Waals surface area contributed by atoms with Crippen molar-refractivity contribution in [3.05, 3.63) is 12.2 Å². The number of carbonyl (C=O) groups is 3. The molecule has 0 aromatic rings. The van der Waals surface area contributed by atoms with Crippen LogP contribution in [0.15, 0.2) is 12.2 Å². The van der Waals surface area contributed by atoms with Crippen LogP contribution in [0.1, 0.15) is 47.5 Å². The number of piperidine rings is 1. The van der Waals surface area contributed by atoms with Gasteiger partial charge in [0.1, 0.15) is 5.60 Å². The Morgan fingerprint density at radius 3 is 2.03 bits per heavy atom. The molecule has 10 nitrogen and oxygen atoms in total. The van der Waals surface area contributed by atoms with Crippen LogP contribution >= 0.6 is 0 Å². The smallest absolute Gasteiger partial charge is 0.407 e. The van der Waals surface area contributed by atoms with E-state index in [1.54, 1.807) is 0 Å². The predicted molar refractivity (Wildman–Crippen MR) is 106 cm³/mol. The van der Waals surface area contributed by atoms with Gasteiger partial charge in [-0.1, -0.05) is 0 Å². The minimum Gasteiger partial charge on any atom is -0.478 e. The highest BCUT2D eigenvalue weighted by Gasteiger charge is 2.37. The molecule has 0 aliphatic carbocycles. The molecule has 0 aromatic carbocycles. The van der Waals surface area contributed by atoms with Gasteiger partial charge in [-0.25, -0.2) is 14.4 Å². The van der Waals surface area contributed by atoms with Crippen molar-refractivity contribution in [3.63, 3.8) is 0 Å². The van der Waals surface area contributed by atoms with Gasteiger partial charge in [-0.2, -0.15) is 0 Å². The third-order valence-corrected chi connectivity index (χ3v) is 3.57. The van der Waals surface area contributed by atoms with Gasteiger partial charge in [-0.15, -0.1) is 0 Å². The molecule has 4 N–H and O–H groups in total. The molecule has 0 spiro atoms. The lowest BCUT2D eigenvalue weighted by Crippen LogP contribution is -2.54. The van der Waals surface area contributed by atoms with E-state index in [2.05, 4.69) is 10.6 Å². The molecule has 0 radical (unpaired) electrons. The molecular formula is C19H34N2O8. The zero-order valence-corrected chi connectivity index (χ0v) is 17.8. The molecule has 0 aromatic heterocycles. The average Bonchev–Trinajstić information content (AvgIpc) is 2.58. The second-order valence-corrected chi connectivity index (χ2v) is 7.27. The Balaban J connectivity index is 0.000000828. The number of ether oxygens (including phenoxy) is 3. The van der Waals surface area contributed by atoms with Crippen LogP contribution in [-0.4, -0.2) is 72.0 Å². The van der Waals surface area contributed by atoms with Gasteiger partial charge >= 0.3 is 18.0 Å². The fourth-order valence-electron chi connectivity index (χ4n) is 2.65. The van der Waals surface area contributed by atoms with Gasteiger partial charge in [-0.05, 0) is 34.6 Å². The minimum atomic E-state index is -1.26. The van der Waals surface area contributed by atoms with Crippen LogP contribution in [0, 0.1) is 0 Å². The SMILES string of the molecule is CCOC1(OCC)CCN[C@H](CNC(=O)OC(C)(C)C)C1.O=C(O)C=CC(=O)O. The molecule has 1 fully saturated rings. The predicted octanol–water partition coefficient (Wildman–Crippen LogP) is 1.74. The fourth-order valence-corrected chi connectivity index (χ4v) is 2.65. The lowest BCUT2D eigenvalue weighted by atomic mass is 9.97. The molecule has 1 heterocycles. The van der Waals surface area contributed by atoms with Crippen molar-refractivity contribution in [2.75, 3.05) is 26.3 Å². The van der Waals surface area contributed by atoms with Gasteiger partial charge < -0.3 is 35.1 Å². The summed E-state index contributed by atoms with van der Waals surface area (Å²) >= 11 is 0. The Morgan fingerprint density at radius 2 is 1.62 bits per heavy atom. The maximum absolute atomic E-state index is 11.7.